The highest BCUT2D eigenvalue weighted by Crippen LogP contribution is 2.36. The van der Waals surface area contributed by atoms with Crippen LogP contribution in [0.5, 0.6) is 0 Å². The fraction of sp³-hybridized carbons (Fsp3) is 0.814. The summed E-state index contributed by atoms with van der Waals surface area (Å²) in [5, 5.41) is 0. The number of esters is 2. The molecule has 0 heterocycles. The van der Waals surface area contributed by atoms with E-state index in [-0.39, 0.29) is 19.4 Å². The van der Waals surface area contributed by atoms with E-state index < -0.39 is 32.5 Å². The first-order valence-electron chi connectivity index (χ1n) is 21.3. The zero-order chi connectivity index (χ0) is 38.2. The quantitative estimate of drug-likeness (QED) is 0.0275. The Bertz CT molecular complexity index is 941. The van der Waals surface area contributed by atoms with Gasteiger partial charge in [-0.15, -0.1) is 0 Å². The van der Waals surface area contributed by atoms with Gasteiger partial charge in [-0.05, 0) is 70.6 Å². The molecule has 0 aromatic heterocycles. The van der Waals surface area contributed by atoms with Crippen molar-refractivity contribution in [3.8, 4) is 0 Å². The molecule has 0 radical (unpaired) electrons. The maximum absolute atomic E-state index is 12.4. The summed E-state index contributed by atoms with van der Waals surface area (Å²) in [6.07, 6.45) is 45.8. The van der Waals surface area contributed by atoms with Crippen LogP contribution in [-0.4, -0.2) is 41.0 Å². The van der Waals surface area contributed by atoms with E-state index in [2.05, 4.69) is 54.8 Å². The SMILES string of the molecule is CCCCC/C=C\C/C=C\CCCCCCCC(=O)O[C@H](COC(=O)CCCCCCCCCCC/C=C\CCCCCCCC)COP(=O)(O)O. The molecule has 0 unspecified atom stereocenters. The maximum Gasteiger partial charge on any atom is 0.469 e. The molecule has 0 aliphatic carbocycles. The van der Waals surface area contributed by atoms with Crippen molar-refractivity contribution < 1.29 is 37.9 Å². The number of phosphoric acid groups is 1. The smallest absolute Gasteiger partial charge is 0.462 e. The van der Waals surface area contributed by atoms with E-state index in [1.165, 1.54) is 116 Å². The molecule has 0 aromatic carbocycles. The molecule has 1 atom stereocenters. The standard InChI is InChI=1S/C43H79O8P/c1-3-5-7-9-11-13-15-17-19-20-21-22-24-25-27-29-31-33-35-37-42(44)49-39-41(40-50-52(46,47)48)51-43(45)38-36-34-32-30-28-26-23-18-16-14-12-10-8-6-4-2/h12,14,17-19,23,41H,3-11,13,15-16,20-22,24-40H2,1-2H3,(H2,46,47,48)/b14-12-,19-17-,23-18-/t41-/m1/s1. The zero-order valence-corrected chi connectivity index (χ0v) is 34.4. The fourth-order valence-corrected chi connectivity index (χ4v) is 6.29. The summed E-state index contributed by atoms with van der Waals surface area (Å²) in [5.41, 5.74) is 0. The first-order valence-corrected chi connectivity index (χ1v) is 22.8. The highest BCUT2D eigenvalue weighted by Gasteiger charge is 2.22. The molecule has 0 rings (SSSR count). The van der Waals surface area contributed by atoms with Crippen LogP contribution in [0.25, 0.3) is 0 Å². The van der Waals surface area contributed by atoms with Gasteiger partial charge in [0.25, 0.3) is 0 Å². The summed E-state index contributed by atoms with van der Waals surface area (Å²) in [5.74, 6) is -0.899. The number of rotatable bonds is 39. The van der Waals surface area contributed by atoms with Crippen LogP contribution >= 0.6 is 7.82 Å². The number of carbonyl (C=O) groups is 2. The highest BCUT2D eigenvalue weighted by molar-refractivity contribution is 7.46. The molecule has 0 fully saturated rings. The van der Waals surface area contributed by atoms with Gasteiger partial charge in [0.2, 0.25) is 0 Å². The lowest BCUT2D eigenvalue weighted by Crippen LogP contribution is -2.29. The monoisotopic (exact) mass is 755 g/mol. The molecule has 0 bridgehead atoms. The lowest BCUT2D eigenvalue weighted by Gasteiger charge is -2.18. The van der Waals surface area contributed by atoms with Crippen molar-refractivity contribution in [1.29, 1.82) is 0 Å². The lowest BCUT2D eigenvalue weighted by atomic mass is 10.1. The number of hydrogen-bond donors (Lipinski definition) is 2. The largest absolute Gasteiger partial charge is 0.469 e. The molecule has 0 spiro atoms. The number of unbranched alkanes of at least 4 members (excludes halogenated alkanes) is 23. The minimum Gasteiger partial charge on any atom is -0.462 e. The molecule has 0 saturated carbocycles. The van der Waals surface area contributed by atoms with Crippen LogP contribution in [-0.2, 0) is 28.2 Å². The Balaban J connectivity index is 3.91. The molecule has 304 valence electrons. The van der Waals surface area contributed by atoms with E-state index in [0.29, 0.717) is 6.42 Å². The van der Waals surface area contributed by atoms with Gasteiger partial charge < -0.3 is 19.3 Å². The molecule has 8 nitrogen and oxygen atoms in total. The summed E-state index contributed by atoms with van der Waals surface area (Å²) < 4.78 is 26.4. The van der Waals surface area contributed by atoms with E-state index in [1.807, 2.05) is 0 Å². The molecular weight excluding hydrogens is 675 g/mol. The Hall–Kier alpha value is -1.73. The molecule has 0 amide bonds. The van der Waals surface area contributed by atoms with Gasteiger partial charge in [-0.2, -0.15) is 0 Å². The summed E-state index contributed by atoms with van der Waals surface area (Å²) in [6, 6.07) is 0. The topological polar surface area (TPSA) is 119 Å². The van der Waals surface area contributed by atoms with Gasteiger partial charge in [0.1, 0.15) is 6.61 Å². The van der Waals surface area contributed by atoms with Crippen LogP contribution in [0.15, 0.2) is 36.5 Å². The number of allylic oxidation sites excluding steroid dienone is 6. The molecule has 0 aliphatic rings. The third kappa shape index (κ3) is 41.0. The van der Waals surface area contributed by atoms with Crippen LogP contribution in [0, 0.1) is 0 Å². The second kappa shape index (κ2) is 39.0. The van der Waals surface area contributed by atoms with Crippen molar-refractivity contribution in [2.45, 2.75) is 213 Å². The first-order chi connectivity index (χ1) is 25.3. The second-order valence-corrected chi connectivity index (χ2v) is 15.5. The molecule has 0 aromatic rings. The van der Waals surface area contributed by atoms with Crippen molar-refractivity contribution >= 4 is 19.8 Å². The predicted molar refractivity (Wildman–Crippen MR) is 216 cm³/mol. The minimum absolute atomic E-state index is 0.196. The van der Waals surface area contributed by atoms with Crippen molar-refractivity contribution in [2.24, 2.45) is 0 Å². The van der Waals surface area contributed by atoms with Crippen molar-refractivity contribution in [2.75, 3.05) is 13.2 Å². The summed E-state index contributed by atoms with van der Waals surface area (Å²) in [4.78, 5) is 42.8. The van der Waals surface area contributed by atoms with Gasteiger partial charge in [0, 0.05) is 12.8 Å². The Labute approximate surface area is 319 Å². The van der Waals surface area contributed by atoms with Gasteiger partial charge in [-0.1, -0.05) is 159 Å². The second-order valence-electron chi connectivity index (χ2n) is 14.3. The van der Waals surface area contributed by atoms with Crippen molar-refractivity contribution in [3.05, 3.63) is 36.5 Å². The fourth-order valence-electron chi connectivity index (χ4n) is 5.93. The van der Waals surface area contributed by atoms with Gasteiger partial charge in [-0.3, -0.25) is 14.1 Å². The van der Waals surface area contributed by atoms with E-state index in [0.717, 1.165) is 57.8 Å². The van der Waals surface area contributed by atoms with E-state index in [1.54, 1.807) is 0 Å². The average Bonchev–Trinajstić information content (AvgIpc) is 3.11. The molecule has 0 aliphatic heterocycles. The lowest BCUT2D eigenvalue weighted by molar-refractivity contribution is -0.161. The van der Waals surface area contributed by atoms with E-state index in [4.69, 9.17) is 19.3 Å². The van der Waals surface area contributed by atoms with Crippen LogP contribution in [0.1, 0.15) is 206 Å². The summed E-state index contributed by atoms with van der Waals surface area (Å²) in [6.45, 7) is 3.65. The third-order valence-corrected chi connectivity index (χ3v) is 9.62. The molecule has 52 heavy (non-hydrogen) atoms. The first kappa shape index (κ1) is 50.3. The highest BCUT2D eigenvalue weighted by atomic mass is 31.2. The third-order valence-electron chi connectivity index (χ3n) is 9.13. The Morgan fingerprint density at radius 3 is 1.33 bits per heavy atom. The summed E-state index contributed by atoms with van der Waals surface area (Å²) in [7, 11) is -4.76. The minimum atomic E-state index is -4.76. The van der Waals surface area contributed by atoms with Gasteiger partial charge in [0.15, 0.2) is 6.10 Å². The molecular formula is C43H79O8P. The van der Waals surface area contributed by atoms with Crippen LogP contribution in [0.2, 0.25) is 0 Å². The molecule has 9 heteroatoms. The Kier molecular flexibility index (Phi) is 37.7. The molecule has 0 saturated heterocycles. The molecule has 2 N–H and O–H groups in total. The summed E-state index contributed by atoms with van der Waals surface area (Å²) >= 11 is 0. The zero-order valence-electron chi connectivity index (χ0n) is 33.5. The van der Waals surface area contributed by atoms with E-state index >= 15 is 0 Å². The van der Waals surface area contributed by atoms with Crippen LogP contribution in [0.3, 0.4) is 0 Å². The Morgan fingerprint density at radius 2 is 0.865 bits per heavy atom. The maximum atomic E-state index is 12.4. The normalized spacial score (nSPS) is 12.8. The van der Waals surface area contributed by atoms with Crippen molar-refractivity contribution in [1.82, 2.24) is 0 Å². The van der Waals surface area contributed by atoms with E-state index in [9.17, 15) is 14.2 Å². The Morgan fingerprint density at radius 1 is 0.500 bits per heavy atom. The number of hydrogen-bond acceptors (Lipinski definition) is 6. The van der Waals surface area contributed by atoms with Crippen LogP contribution < -0.4 is 0 Å². The van der Waals surface area contributed by atoms with Crippen LogP contribution in [0.4, 0.5) is 0 Å². The number of ether oxygens (including phenoxy) is 2. The van der Waals surface area contributed by atoms with Gasteiger partial charge in [0.05, 0.1) is 6.61 Å². The number of carbonyl (C=O) groups excluding carboxylic acids is 2. The van der Waals surface area contributed by atoms with Gasteiger partial charge in [-0.25, -0.2) is 4.57 Å². The number of phosphoric ester groups is 1. The average molecular weight is 755 g/mol. The van der Waals surface area contributed by atoms with Crippen molar-refractivity contribution in [3.63, 3.8) is 0 Å². The van der Waals surface area contributed by atoms with Gasteiger partial charge >= 0.3 is 19.8 Å². The predicted octanol–water partition coefficient (Wildman–Crippen LogP) is 13.0.